The first-order valence-electron chi connectivity index (χ1n) is 4.95. The van der Waals surface area contributed by atoms with Crippen LogP contribution in [0.3, 0.4) is 0 Å². The second kappa shape index (κ2) is 3.53. The predicted molar refractivity (Wildman–Crippen MR) is 54.3 cm³/mol. The zero-order valence-electron chi connectivity index (χ0n) is 8.58. The molecule has 76 valence electrons. The average Bonchev–Trinajstić information content (AvgIpc) is 2.94. The van der Waals surface area contributed by atoms with E-state index in [-0.39, 0.29) is 5.56 Å². The molecule has 4 nitrogen and oxygen atoms in total. The normalized spacial score (nSPS) is 15.9. The zero-order chi connectivity index (χ0) is 10.1. The second-order valence-corrected chi connectivity index (χ2v) is 3.77. The third-order valence-corrected chi connectivity index (χ3v) is 2.53. The Balaban J connectivity index is 2.45. The highest BCUT2D eigenvalue weighted by molar-refractivity contribution is 5.09. The van der Waals surface area contributed by atoms with Gasteiger partial charge >= 0.3 is 0 Å². The minimum atomic E-state index is 0.120. The van der Waals surface area contributed by atoms with Crippen LogP contribution in [0.25, 0.3) is 0 Å². The fourth-order valence-electron chi connectivity index (χ4n) is 1.66. The van der Waals surface area contributed by atoms with Crippen molar-refractivity contribution in [1.82, 2.24) is 14.9 Å². The lowest BCUT2D eigenvalue weighted by atomic mass is 10.3. The fourth-order valence-corrected chi connectivity index (χ4v) is 1.66. The molecule has 1 aliphatic carbocycles. The van der Waals surface area contributed by atoms with Crippen molar-refractivity contribution in [3.05, 3.63) is 27.9 Å². The topological polar surface area (TPSA) is 46.9 Å². The van der Waals surface area contributed by atoms with Crippen LogP contribution in [0.15, 0.2) is 11.0 Å². The molecule has 0 aliphatic heterocycles. The van der Waals surface area contributed by atoms with Crippen LogP contribution in [0.5, 0.6) is 0 Å². The van der Waals surface area contributed by atoms with Crippen LogP contribution >= 0.6 is 0 Å². The van der Waals surface area contributed by atoms with Gasteiger partial charge in [0.2, 0.25) is 0 Å². The lowest BCUT2D eigenvalue weighted by Gasteiger charge is -2.09. The van der Waals surface area contributed by atoms with Crippen molar-refractivity contribution >= 4 is 0 Å². The van der Waals surface area contributed by atoms with Crippen molar-refractivity contribution in [3.8, 4) is 0 Å². The van der Waals surface area contributed by atoms with E-state index in [1.54, 1.807) is 6.20 Å². The van der Waals surface area contributed by atoms with Gasteiger partial charge in [-0.05, 0) is 26.8 Å². The average molecular weight is 193 g/mol. The molecule has 0 bridgehead atoms. The number of nitrogens with one attached hydrogen (secondary N) is 1. The van der Waals surface area contributed by atoms with Crippen molar-refractivity contribution in [1.29, 1.82) is 0 Å². The van der Waals surface area contributed by atoms with Gasteiger partial charge in [-0.25, -0.2) is 4.98 Å². The van der Waals surface area contributed by atoms with Crippen LogP contribution in [0.4, 0.5) is 0 Å². The molecule has 0 aromatic carbocycles. The van der Waals surface area contributed by atoms with Crippen LogP contribution < -0.4 is 10.9 Å². The highest BCUT2D eigenvalue weighted by Crippen LogP contribution is 2.33. The Morgan fingerprint density at radius 3 is 2.93 bits per heavy atom. The Morgan fingerprint density at radius 1 is 1.64 bits per heavy atom. The molecule has 0 saturated heterocycles. The summed E-state index contributed by atoms with van der Waals surface area (Å²) in [6, 6.07) is 0.409. The SMILES string of the molecule is CNCc1cnc(C)n(C2CC2)c1=O. The number of hydrogen-bond acceptors (Lipinski definition) is 3. The van der Waals surface area contributed by atoms with Crippen molar-refractivity contribution < 1.29 is 0 Å². The van der Waals surface area contributed by atoms with E-state index in [0.717, 1.165) is 24.2 Å². The molecule has 0 atom stereocenters. The highest BCUT2D eigenvalue weighted by Gasteiger charge is 2.26. The third kappa shape index (κ3) is 1.57. The predicted octanol–water partition coefficient (Wildman–Crippen LogP) is 0.606. The molecule has 1 aromatic rings. The molecular weight excluding hydrogens is 178 g/mol. The third-order valence-electron chi connectivity index (χ3n) is 2.53. The Labute approximate surface area is 83.0 Å². The largest absolute Gasteiger partial charge is 0.315 e. The van der Waals surface area contributed by atoms with Gasteiger partial charge in [-0.1, -0.05) is 0 Å². The van der Waals surface area contributed by atoms with Crippen LogP contribution in [-0.4, -0.2) is 16.6 Å². The molecular formula is C10H15N3O. The molecule has 0 spiro atoms. The molecule has 4 heteroatoms. The molecule has 0 unspecified atom stereocenters. The van der Waals surface area contributed by atoms with Crippen molar-refractivity contribution in [2.45, 2.75) is 32.4 Å². The first kappa shape index (κ1) is 9.40. The number of hydrogen-bond donors (Lipinski definition) is 1. The molecule has 1 saturated carbocycles. The first-order chi connectivity index (χ1) is 6.74. The summed E-state index contributed by atoms with van der Waals surface area (Å²) in [5.41, 5.74) is 0.874. The number of aryl methyl sites for hydroxylation is 1. The first-order valence-corrected chi connectivity index (χ1v) is 4.95. The standard InChI is InChI=1S/C10H15N3O/c1-7-12-6-8(5-11-2)10(14)13(7)9-3-4-9/h6,9,11H,3-5H2,1-2H3. The van der Waals surface area contributed by atoms with Gasteiger partial charge < -0.3 is 5.32 Å². The summed E-state index contributed by atoms with van der Waals surface area (Å²) in [4.78, 5) is 16.2. The molecule has 0 radical (unpaired) electrons. The van der Waals surface area contributed by atoms with Crippen LogP contribution in [0.2, 0.25) is 0 Å². The minimum Gasteiger partial charge on any atom is -0.315 e. The lowest BCUT2D eigenvalue weighted by Crippen LogP contribution is -2.28. The van der Waals surface area contributed by atoms with E-state index >= 15 is 0 Å². The molecule has 0 amide bonds. The van der Waals surface area contributed by atoms with E-state index < -0.39 is 0 Å². The molecule has 1 fully saturated rings. The van der Waals surface area contributed by atoms with Gasteiger partial charge in [0.05, 0.1) is 0 Å². The number of aromatic nitrogens is 2. The van der Waals surface area contributed by atoms with E-state index in [1.165, 1.54) is 0 Å². The van der Waals surface area contributed by atoms with Gasteiger partial charge in [0.25, 0.3) is 5.56 Å². The molecule has 14 heavy (non-hydrogen) atoms. The zero-order valence-corrected chi connectivity index (χ0v) is 8.58. The van der Waals surface area contributed by atoms with Crippen molar-refractivity contribution in [3.63, 3.8) is 0 Å². The Morgan fingerprint density at radius 2 is 2.36 bits per heavy atom. The summed E-state index contributed by atoms with van der Waals surface area (Å²) in [6.45, 7) is 2.49. The molecule has 1 heterocycles. The maximum Gasteiger partial charge on any atom is 0.258 e. The van der Waals surface area contributed by atoms with E-state index in [2.05, 4.69) is 10.3 Å². The number of rotatable bonds is 3. The molecule has 1 aliphatic rings. The van der Waals surface area contributed by atoms with E-state index in [9.17, 15) is 4.79 Å². The van der Waals surface area contributed by atoms with Gasteiger partial charge in [-0.15, -0.1) is 0 Å². The smallest absolute Gasteiger partial charge is 0.258 e. The quantitative estimate of drug-likeness (QED) is 0.765. The summed E-state index contributed by atoms with van der Waals surface area (Å²) < 4.78 is 1.83. The molecule has 1 N–H and O–H groups in total. The summed E-state index contributed by atoms with van der Waals surface area (Å²) in [6.07, 6.45) is 3.91. The maximum atomic E-state index is 11.9. The van der Waals surface area contributed by atoms with E-state index in [0.29, 0.717) is 12.6 Å². The van der Waals surface area contributed by atoms with Gasteiger partial charge in [-0.2, -0.15) is 0 Å². The van der Waals surface area contributed by atoms with Crippen molar-refractivity contribution in [2.75, 3.05) is 7.05 Å². The summed E-state index contributed by atoms with van der Waals surface area (Å²) in [5.74, 6) is 0.831. The van der Waals surface area contributed by atoms with Crippen LogP contribution in [0, 0.1) is 6.92 Å². The highest BCUT2D eigenvalue weighted by atomic mass is 16.1. The molecule has 2 rings (SSSR count). The van der Waals surface area contributed by atoms with Gasteiger partial charge in [0, 0.05) is 24.3 Å². The van der Waals surface area contributed by atoms with Gasteiger partial charge in [0.1, 0.15) is 5.82 Å². The van der Waals surface area contributed by atoms with Crippen LogP contribution in [-0.2, 0) is 6.54 Å². The molecule has 1 aromatic heterocycles. The fraction of sp³-hybridized carbons (Fsp3) is 0.600. The Bertz CT molecular complexity index is 393. The Hall–Kier alpha value is -1.16. The minimum absolute atomic E-state index is 0.120. The van der Waals surface area contributed by atoms with E-state index in [4.69, 9.17) is 0 Å². The van der Waals surface area contributed by atoms with Gasteiger partial charge in [-0.3, -0.25) is 9.36 Å². The second-order valence-electron chi connectivity index (χ2n) is 3.77. The van der Waals surface area contributed by atoms with Gasteiger partial charge in [0.15, 0.2) is 0 Å². The summed E-state index contributed by atoms with van der Waals surface area (Å²) >= 11 is 0. The van der Waals surface area contributed by atoms with Crippen molar-refractivity contribution in [2.24, 2.45) is 0 Å². The van der Waals surface area contributed by atoms with Crippen LogP contribution in [0.1, 0.15) is 30.3 Å². The monoisotopic (exact) mass is 193 g/mol. The Kier molecular flexibility index (Phi) is 2.37. The maximum absolute atomic E-state index is 11.9. The lowest BCUT2D eigenvalue weighted by molar-refractivity contribution is 0.637. The summed E-state index contributed by atoms with van der Waals surface area (Å²) in [7, 11) is 1.83. The summed E-state index contributed by atoms with van der Waals surface area (Å²) in [5, 5.41) is 2.98. The van der Waals surface area contributed by atoms with E-state index in [1.807, 2.05) is 18.5 Å². The number of nitrogens with zero attached hydrogens (tertiary/aromatic N) is 2.